The number of fused-ring (bicyclic) bond motifs is 1. The molecule has 3 aromatic rings. The minimum Gasteiger partial charge on any atom is -0.345 e. The van der Waals surface area contributed by atoms with E-state index in [4.69, 9.17) is 0 Å². The van der Waals surface area contributed by atoms with Crippen molar-refractivity contribution in [2.75, 3.05) is 36.8 Å². The number of anilines is 1. The Morgan fingerprint density at radius 2 is 1.93 bits per heavy atom. The quantitative estimate of drug-likeness (QED) is 0.577. The van der Waals surface area contributed by atoms with Gasteiger partial charge in [0.2, 0.25) is 0 Å². The predicted octanol–water partition coefficient (Wildman–Crippen LogP) is 4.65. The fraction of sp³-hybridized carbons (Fsp3) is 0.300. The van der Waals surface area contributed by atoms with Gasteiger partial charge in [0.15, 0.2) is 10.9 Å². The van der Waals surface area contributed by atoms with E-state index < -0.39 is 11.6 Å². The van der Waals surface area contributed by atoms with E-state index in [1.54, 1.807) is 11.8 Å². The van der Waals surface area contributed by atoms with Crippen molar-refractivity contribution in [2.45, 2.75) is 11.8 Å². The number of carbonyl (C=O) groups is 1. The fourth-order valence-corrected chi connectivity index (χ4v) is 5.13. The number of benzene rings is 2. The van der Waals surface area contributed by atoms with Gasteiger partial charge in [-0.1, -0.05) is 30.4 Å². The van der Waals surface area contributed by atoms with Gasteiger partial charge in [-0.25, -0.2) is 13.8 Å². The number of thioether (sulfide) groups is 1. The Morgan fingerprint density at radius 3 is 2.68 bits per heavy atom. The average Bonchev–Trinajstić information content (AvgIpc) is 3.13. The number of amides is 1. The second kappa shape index (κ2) is 8.05. The van der Waals surface area contributed by atoms with Crippen LogP contribution in [0.4, 0.5) is 13.9 Å². The molecule has 2 heterocycles. The first-order valence-electron chi connectivity index (χ1n) is 9.08. The summed E-state index contributed by atoms with van der Waals surface area (Å²) in [5.41, 5.74) is 0.936. The van der Waals surface area contributed by atoms with Gasteiger partial charge in [0, 0.05) is 37.1 Å². The molecule has 2 aromatic carbocycles. The zero-order chi connectivity index (χ0) is 19.7. The zero-order valence-electron chi connectivity index (χ0n) is 15.3. The average molecular weight is 420 g/mol. The van der Waals surface area contributed by atoms with Crippen molar-refractivity contribution < 1.29 is 13.6 Å². The monoisotopic (exact) mass is 419 g/mol. The van der Waals surface area contributed by atoms with Gasteiger partial charge in [0.1, 0.15) is 11.3 Å². The SMILES string of the molecule is CCSc1ccccc1C(=O)N1CCN(c2nc3c(F)cc(F)cc3s2)CC1. The van der Waals surface area contributed by atoms with Crippen molar-refractivity contribution >= 4 is 44.4 Å². The van der Waals surface area contributed by atoms with E-state index in [1.807, 2.05) is 34.1 Å². The van der Waals surface area contributed by atoms with E-state index in [9.17, 15) is 13.6 Å². The molecule has 4 rings (SSSR count). The number of aromatic nitrogens is 1. The summed E-state index contributed by atoms with van der Waals surface area (Å²) in [6.07, 6.45) is 0. The van der Waals surface area contributed by atoms with Crippen LogP contribution in [0.2, 0.25) is 0 Å². The molecule has 1 fully saturated rings. The number of piperazine rings is 1. The maximum atomic E-state index is 13.9. The van der Waals surface area contributed by atoms with Crippen molar-refractivity contribution in [3.63, 3.8) is 0 Å². The van der Waals surface area contributed by atoms with E-state index in [1.165, 1.54) is 17.4 Å². The van der Waals surface area contributed by atoms with Crippen LogP contribution in [0.1, 0.15) is 17.3 Å². The van der Waals surface area contributed by atoms with Crippen LogP contribution in [-0.4, -0.2) is 47.7 Å². The van der Waals surface area contributed by atoms with E-state index >= 15 is 0 Å². The van der Waals surface area contributed by atoms with Gasteiger partial charge in [0.25, 0.3) is 5.91 Å². The van der Waals surface area contributed by atoms with Crippen molar-refractivity contribution in [3.8, 4) is 0 Å². The molecule has 1 aliphatic rings. The van der Waals surface area contributed by atoms with Gasteiger partial charge in [-0.05, 0) is 24.0 Å². The summed E-state index contributed by atoms with van der Waals surface area (Å²) >= 11 is 2.94. The van der Waals surface area contributed by atoms with E-state index in [2.05, 4.69) is 11.9 Å². The van der Waals surface area contributed by atoms with Crippen molar-refractivity contribution in [1.29, 1.82) is 0 Å². The summed E-state index contributed by atoms with van der Waals surface area (Å²) in [6, 6.07) is 9.85. The van der Waals surface area contributed by atoms with E-state index in [-0.39, 0.29) is 11.4 Å². The molecule has 146 valence electrons. The Morgan fingerprint density at radius 1 is 1.18 bits per heavy atom. The Bertz CT molecular complexity index is 1020. The molecule has 8 heteroatoms. The molecule has 1 aliphatic heterocycles. The topological polar surface area (TPSA) is 36.4 Å². The first kappa shape index (κ1) is 19.1. The molecule has 1 aromatic heterocycles. The summed E-state index contributed by atoms with van der Waals surface area (Å²) in [5.74, 6) is -0.295. The fourth-order valence-electron chi connectivity index (χ4n) is 3.28. The first-order valence-corrected chi connectivity index (χ1v) is 10.9. The Kier molecular flexibility index (Phi) is 5.50. The van der Waals surface area contributed by atoms with Crippen molar-refractivity contribution in [1.82, 2.24) is 9.88 Å². The summed E-state index contributed by atoms with van der Waals surface area (Å²) in [5, 5.41) is 0.661. The molecular formula is C20H19F2N3OS2. The lowest BCUT2D eigenvalue weighted by molar-refractivity contribution is 0.0743. The normalized spacial score (nSPS) is 14.7. The Balaban J connectivity index is 1.48. The van der Waals surface area contributed by atoms with Gasteiger partial charge in [-0.3, -0.25) is 4.79 Å². The second-order valence-corrected chi connectivity index (χ2v) is 8.75. The third kappa shape index (κ3) is 3.71. The molecule has 1 saturated heterocycles. The lowest BCUT2D eigenvalue weighted by Gasteiger charge is -2.34. The van der Waals surface area contributed by atoms with Gasteiger partial charge >= 0.3 is 0 Å². The highest BCUT2D eigenvalue weighted by Crippen LogP contribution is 2.32. The number of hydrogen-bond acceptors (Lipinski definition) is 5. The largest absolute Gasteiger partial charge is 0.345 e. The molecule has 0 saturated carbocycles. The second-order valence-electron chi connectivity index (χ2n) is 6.44. The lowest BCUT2D eigenvalue weighted by atomic mass is 10.2. The maximum absolute atomic E-state index is 13.9. The summed E-state index contributed by atoms with van der Waals surface area (Å²) < 4.78 is 27.8. The molecule has 0 N–H and O–H groups in total. The molecule has 0 aliphatic carbocycles. The standard InChI is InChI=1S/C20H19F2N3OS2/c1-2-27-16-6-4-3-5-14(16)19(26)24-7-9-25(10-8-24)20-23-18-15(22)11-13(21)12-17(18)28-20/h3-6,11-12H,2,7-10H2,1H3. The minimum atomic E-state index is -0.642. The van der Waals surface area contributed by atoms with E-state index in [0.717, 1.165) is 22.3 Å². The number of carbonyl (C=O) groups excluding carboxylic acids is 1. The summed E-state index contributed by atoms with van der Waals surface area (Å²) in [6.45, 7) is 4.42. The van der Waals surface area contributed by atoms with E-state index in [0.29, 0.717) is 36.0 Å². The molecule has 28 heavy (non-hydrogen) atoms. The molecule has 0 radical (unpaired) electrons. The van der Waals surface area contributed by atoms with Crippen LogP contribution in [0.5, 0.6) is 0 Å². The third-order valence-corrected chi connectivity index (χ3v) is 6.68. The van der Waals surface area contributed by atoms with Crippen molar-refractivity contribution in [3.05, 3.63) is 53.6 Å². The third-order valence-electron chi connectivity index (χ3n) is 4.66. The summed E-state index contributed by atoms with van der Waals surface area (Å²) in [7, 11) is 0. The summed E-state index contributed by atoms with van der Waals surface area (Å²) in [4.78, 5) is 22.2. The van der Waals surface area contributed by atoms with Crippen LogP contribution in [0.25, 0.3) is 10.2 Å². The van der Waals surface area contributed by atoms with Gasteiger partial charge in [-0.2, -0.15) is 0 Å². The number of hydrogen-bond donors (Lipinski definition) is 0. The smallest absolute Gasteiger partial charge is 0.255 e. The van der Waals surface area contributed by atoms with Crippen LogP contribution >= 0.6 is 23.1 Å². The van der Waals surface area contributed by atoms with Crippen LogP contribution < -0.4 is 4.90 Å². The lowest BCUT2D eigenvalue weighted by Crippen LogP contribution is -2.48. The number of rotatable bonds is 4. The first-order chi connectivity index (χ1) is 13.6. The number of thiazole rings is 1. The number of nitrogens with zero attached hydrogens (tertiary/aromatic N) is 3. The molecule has 0 atom stereocenters. The molecule has 0 unspecified atom stereocenters. The van der Waals surface area contributed by atoms with Gasteiger partial charge in [-0.15, -0.1) is 11.8 Å². The predicted molar refractivity (Wildman–Crippen MR) is 110 cm³/mol. The van der Waals surface area contributed by atoms with Gasteiger partial charge in [0.05, 0.1) is 10.3 Å². The molecule has 0 spiro atoms. The van der Waals surface area contributed by atoms with Crippen LogP contribution in [0.15, 0.2) is 41.3 Å². The molecular weight excluding hydrogens is 400 g/mol. The van der Waals surface area contributed by atoms with Crippen LogP contribution in [-0.2, 0) is 0 Å². The molecule has 0 bridgehead atoms. The van der Waals surface area contributed by atoms with Crippen LogP contribution in [0.3, 0.4) is 0 Å². The van der Waals surface area contributed by atoms with Gasteiger partial charge < -0.3 is 9.80 Å². The zero-order valence-corrected chi connectivity index (χ0v) is 17.0. The highest BCUT2D eigenvalue weighted by Gasteiger charge is 2.25. The maximum Gasteiger partial charge on any atom is 0.255 e. The molecule has 4 nitrogen and oxygen atoms in total. The molecule has 1 amide bonds. The Labute approximate surface area is 170 Å². The highest BCUT2D eigenvalue weighted by atomic mass is 32.2. The minimum absolute atomic E-state index is 0.0358. The number of halogens is 2. The van der Waals surface area contributed by atoms with Crippen molar-refractivity contribution in [2.24, 2.45) is 0 Å². The Hall–Kier alpha value is -2.19. The van der Waals surface area contributed by atoms with Crippen LogP contribution in [0, 0.1) is 11.6 Å². The highest BCUT2D eigenvalue weighted by molar-refractivity contribution is 7.99.